The number of nitrogens with zero attached hydrogens (tertiary/aromatic N) is 2. The molecule has 0 rings (SSSR count). The summed E-state index contributed by atoms with van der Waals surface area (Å²) < 4.78 is 0. The van der Waals surface area contributed by atoms with Gasteiger partial charge < -0.3 is 0 Å². The number of nitriles is 2. The summed E-state index contributed by atoms with van der Waals surface area (Å²) in [6.07, 6.45) is 0.861. The van der Waals surface area contributed by atoms with Gasteiger partial charge in [0.05, 0.1) is 0 Å². The molecule has 0 heterocycles. The van der Waals surface area contributed by atoms with E-state index >= 15 is 0 Å². The van der Waals surface area contributed by atoms with E-state index in [1.165, 1.54) is 12.1 Å². The van der Waals surface area contributed by atoms with Crippen molar-refractivity contribution in [2.24, 2.45) is 0 Å². The fourth-order valence-corrected chi connectivity index (χ4v) is 0.0289. The van der Waals surface area contributed by atoms with Crippen LogP contribution in [0.2, 0.25) is 0 Å². The first-order valence-corrected chi connectivity index (χ1v) is 1.02. The summed E-state index contributed by atoms with van der Waals surface area (Å²) in [6, 6.07) is 3.06. The molecule has 3 heteroatoms. The summed E-state index contributed by atoms with van der Waals surface area (Å²) in [4.78, 5) is 0. The Hall–Kier alpha value is -0.618. The van der Waals surface area contributed by atoms with Crippen LogP contribution in [0.15, 0.2) is 0 Å². The van der Waals surface area contributed by atoms with Crippen LogP contribution in [0.3, 0.4) is 0 Å². The van der Waals surface area contributed by atoms with Crippen LogP contribution in [0, 0.1) is 29.1 Å². The molecule has 0 bridgehead atoms. The third-order valence-electron chi connectivity index (χ3n) is 0.129. The van der Waals surface area contributed by atoms with E-state index in [-0.39, 0.29) is 17.4 Å². The summed E-state index contributed by atoms with van der Waals surface area (Å²) in [5.74, 6) is 0. The first kappa shape index (κ1) is 9.04. The van der Waals surface area contributed by atoms with E-state index < -0.39 is 0 Å². The maximum absolute atomic E-state index is 7.54. The Morgan fingerprint density at radius 1 is 1.17 bits per heavy atom. The zero-order valence-corrected chi connectivity index (χ0v) is 4.16. The Kier molecular flexibility index (Phi) is 13.3. The fraction of sp³-hybridized carbons (Fsp3) is 0. The Balaban J connectivity index is 0. The molecular formula is C3HCrN2-. The summed E-state index contributed by atoms with van der Waals surface area (Å²) in [5, 5.41) is 15.1. The van der Waals surface area contributed by atoms with Gasteiger partial charge in [-0.3, -0.25) is 0 Å². The minimum Gasteiger partial charge on any atom is -0.233 e. The molecule has 0 aliphatic heterocycles. The minimum absolute atomic E-state index is 0. The molecule has 0 spiro atoms. The van der Waals surface area contributed by atoms with Crippen LogP contribution in [-0.4, -0.2) is 0 Å². The quantitative estimate of drug-likeness (QED) is 0.426. The van der Waals surface area contributed by atoms with Crippen LogP contribution in [0.1, 0.15) is 0 Å². The predicted molar refractivity (Wildman–Crippen MR) is 15.5 cm³/mol. The van der Waals surface area contributed by atoms with E-state index in [4.69, 9.17) is 10.5 Å². The third kappa shape index (κ3) is 10.0. The van der Waals surface area contributed by atoms with Gasteiger partial charge in [-0.05, 0) is 0 Å². The van der Waals surface area contributed by atoms with Crippen LogP contribution in [0.25, 0.3) is 0 Å². The van der Waals surface area contributed by atoms with Crippen molar-refractivity contribution in [3.05, 3.63) is 6.42 Å². The average Bonchev–Trinajstić information content (AvgIpc) is 1.41. The second-order valence-electron chi connectivity index (χ2n) is 0.403. The molecule has 0 N–H and O–H groups in total. The topological polar surface area (TPSA) is 47.6 Å². The van der Waals surface area contributed by atoms with Gasteiger partial charge in [0.1, 0.15) is 0 Å². The van der Waals surface area contributed by atoms with Crippen molar-refractivity contribution in [3.63, 3.8) is 0 Å². The molecule has 0 aromatic heterocycles. The van der Waals surface area contributed by atoms with E-state index in [1.54, 1.807) is 0 Å². The fourth-order valence-electron chi connectivity index (χ4n) is 0.0289. The molecule has 0 radical (unpaired) electrons. The Morgan fingerprint density at radius 3 is 1.50 bits per heavy atom. The molecule has 0 amide bonds. The second kappa shape index (κ2) is 8.83. The Bertz CT molecular complexity index is 73.9. The maximum Gasteiger partial charge on any atom is 0 e. The van der Waals surface area contributed by atoms with Gasteiger partial charge >= 0.3 is 0 Å². The molecule has 30 valence electrons. The zero-order chi connectivity index (χ0) is 4.12. The van der Waals surface area contributed by atoms with E-state index in [0.29, 0.717) is 0 Å². The third-order valence-corrected chi connectivity index (χ3v) is 0.129. The van der Waals surface area contributed by atoms with E-state index in [9.17, 15) is 0 Å². The molecule has 0 aromatic rings. The van der Waals surface area contributed by atoms with Gasteiger partial charge in [-0.15, -0.1) is 0 Å². The molecule has 0 saturated heterocycles. The van der Waals surface area contributed by atoms with Gasteiger partial charge in [0.15, 0.2) is 0 Å². The summed E-state index contributed by atoms with van der Waals surface area (Å²) >= 11 is 0. The van der Waals surface area contributed by atoms with Gasteiger partial charge in [-0.2, -0.15) is 6.42 Å². The van der Waals surface area contributed by atoms with Crippen LogP contribution >= 0.6 is 0 Å². The summed E-state index contributed by atoms with van der Waals surface area (Å²) in [7, 11) is 0. The van der Waals surface area contributed by atoms with E-state index in [0.717, 1.165) is 6.42 Å². The Morgan fingerprint density at radius 2 is 1.50 bits per heavy atom. The molecule has 0 fully saturated rings. The molecule has 2 nitrogen and oxygen atoms in total. The largest absolute Gasteiger partial charge is 0.233 e. The summed E-state index contributed by atoms with van der Waals surface area (Å²) in [6.45, 7) is 0. The second-order valence-corrected chi connectivity index (χ2v) is 0.403. The van der Waals surface area contributed by atoms with Crippen molar-refractivity contribution < 1.29 is 17.4 Å². The number of rotatable bonds is 0. The van der Waals surface area contributed by atoms with Crippen LogP contribution in [0.5, 0.6) is 0 Å². The van der Waals surface area contributed by atoms with Gasteiger partial charge in [0.25, 0.3) is 0 Å². The standard InChI is InChI=1S/C3HN2.Cr/c4-2-1-3-5;/h1H;/q-1;. The monoisotopic (exact) mass is 117 g/mol. The smallest absolute Gasteiger partial charge is 0 e. The molecule has 0 atom stereocenters. The minimum atomic E-state index is 0. The van der Waals surface area contributed by atoms with Gasteiger partial charge in [0, 0.05) is 17.4 Å². The normalized spacial score (nSPS) is 3.00. The van der Waals surface area contributed by atoms with Crippen molar-refractivity contribution in [2.45, 2.75) is 0 Å². The molecule has 0 aliphatic rings. The van der Waals surface area contributed by atoms with E-state index in [2.05, 4.69) is 0 Å². The van der Waals surface area contributed by atoms with Crippen molar-refractivity contribution in [1.29, 1.82) is 10.5 Å². The van der Waals surface area contributed by atoms with Crippen LogP contribution in [-0.2, 0) is 17.4 Å². The van der Waals surface area contributed by atoms with Crippen molar-refractivity contribution in [2.75, 3.05) is 0 Å². The van der Waals surface area contributed by atoms with Gasteiger partial charge in [0.2, 0.25) is 0 Å². The predicted octanol–water partition coefficient (Wildman–Crippen LogP) is 0.235. The molecule has 0 saturated carbocycles. The zero-order valence-electron chi connectivity index (χ0n) is 2.88. The maximum atomic E-state index is 7.54. The molecule has 0 unspecified atom stereocenters. The van der Waals surface area contributed by atoms with Crippen molar-refractivity contribution >= 4 is 0 Å². The van der Waals surface area contributed by atoms with Crippen LogP contribution in [0.4, 0.5) is 0 Å². The average molecular weight is 117 g/mol. The number of hydrogen-bond donors (Lipinski definition) is 0. The summed E-state index contributed by atoms with van der Waals surface area (Å²) in [5.41, 5.74) is 0. The van der Waals surface area contributed by atoms with Gasteiger partial charge in [-0.1, -0.05) is 12.1 Å². The molecular weight excluding hydrogens is 116 g/mol. The Labute approximate surface area is 47.1 Å². The molecule has 6 heavy (non-hydrogen) atoms. The molecule has 0 aliphatic carbocycles. The molecule has 0 aromatic carbocycles. The number of hydrogen-bond acceptors (Lipinski definition) is 2. The SMILES string of the molecule is N#C[CH-]C#N.[Cr]. The van der Waals surface area contributed by atoms with E-state index in [1.807, 2.05) is 0 Å². The first-order valence-electron chi connectivity index (χ1n) is 1.02. The van der Waals surface area contributed by atoms with Gasteiger partial charge in [-0.25, -0.2) is 10.5 Å². The van der Waals surface area contributed by atoms with Crippen LogP contribution < -0.4 is 0 Å². The van der Waals surface area contributed by atoms with Crippen molar-refractivity contribution in [1.82, 2.24) is 0 Å². The first-order chi connectivity index (χ1) is 2.41. The van der Waals surface area contributed by atoms with Crippen molar-refractivity contribution in [3.8, 4) is 12.1 Å².